The highest BCUT2D eigenvalue weighted by atomic mass is 16.6. The van der Waals surface area contributed by atoms with Gasteiger partial charge in [-0.25, -0.2) is 4.79 Å². The van der Waals surface area contributed by atoms with E-state index in [-0.39, 0.29) is 24.6 Å². The molecule has 0 heterocycles. The number of benzene rings is 2. The summed E-state index contributed by atoms with van der Waals surface area (Å²) in [4.78, 5) is 12.1. The van der Waals surface area contributed by atoms with Crippen LogP contribution in [0.1, 0.15) is 54.2 Å². The van der Waals surface area contributed by atoms with E-state index in [2.05, 4.69) is 52.8 Å². The number of carbonyl (C=O) groups is 1. The number of carbonyl (C=O) groups excluding carboxylic acids is 1. The monoisotopic (exact) mass is 354 g/mol. The lowest BCUT2D eigenvalue weighted by Gasteiger charge is -2.22. The van der Waals surface area contributed by atoms with Gasteiger partial charge in [0.15, 0.2) is 6.61 Å². The molecule has 0 atom stereocenters. The average Bonchev–Trinajstić information content (AvgIpc) is 2.50. The van der Waals surface area contributed by atoms with Gasteiger partial charge in [-0.1, -0.05) is 39.0 Å². The Balaban J connectivity index is 1.97. The lowest BCUT2D eigenvalue weighted by molar-refractivity contribution is -0.147. The summed E-state index contributed by atoms with van der Waals surface area (Å²) in [5.74, 6) is 0.337. The quantitative estimate of drug-likeness (QED) is 0.680. The van der Waals surface area contributed by atoms with Gasteiger partial charge in [0, 0.05) is 0 Å². The molecule has 0 aliphatic heterocycles. The maximum absolute atomic E-state index is 12.1. The van der Waals surface area contributed by atoms with Gasteiger partial charge >= 0.3 is 5.97 Å². The second kappa shape index (κ2) is 7.94. The van der Waals surface area contributed by atoms with Crippen molar-refractivity contribution in [2.24, 2.45) is 0 Å². The Morgan fingerprint density at radius 2 is 1.42 bits per heavy atom. The summed E-state index contributed by atoms with van der Waals surface area (Å²) in [5, 5.41) is 0. The van der Waals surface area contributed by atoms with Gasteiger partial charge in [-0.05, 0) is 78.6 Å². The molecule has 0 unspecified atom stereocenters. The van der Waals surface area contributed by atoms with Crippen LogP contribution in [0.15, 0.2) is 30.3 Å². The van der Waals surface area contributed by atoms with Crippen LogP contribution < -0.4 is 4.74 Å². The zero-order valence-corrected chi connectivity index (χ0v) is 17.0. The molecule has 2 aromatic carbocycles. The largest absolute Gasteiger partial charge is 0.482 e. The van der Waals surface area contributed by atoms with Crippen molar-refractivity contribution in [3.05, 3.63) is 63.7 Å². The number of hydrogen-bond acceptors (Lipinski definition) is 3. The van der Waals surface area contributed by atoms with Gasteiger partial charge in [-0.15, -0.1) is 0 Å². The highest BCUT2D eigenvalue weighted by Crippen LogP contribution is 2.27. The number of rotatable bonds is 5. The Bertz CT molecular complexity index is 754. The number of hydrogen-bond donors (Lipinski definition) is 0. The Morgan fingerprint density at radius 1 is 0.885 bits per heavy atom. The van der Waals surface area contributed by atoms with Crippen molar-refractivity contribution in [3.63, 3.8) is 0 Å². The summed E-state index contributed by atoms with van der Waals surface area (Å²) < 4.78 is 11.0. The topological polar surface area (TPSA) is 35.5 Å². The fourth-order valence-corrected chi connectivity index (χ4v) is 3.01. The molecule has 0 spiro atoms. The zero-order chi connectivity index (χ0) is 19.5. The van der Waals surface area contributed by atoms with Gasteiger partial charge in [0.05, 0.1) is 0 Å². The maximum Gasteiger partial charge on any atom is 0.344 e. The van der Waals surface area contributed by atoms with Crippen molar-refractivity contribution in [3.8, 4) is 5.75 Å². The van der Waals surface area contributed by atoms with Crippen LogP contribution >= 0.6 is 0 Å². The molecular weight excluding hydrogens is 324 g/mol. The fraction of sp³-hybridized carbons (Fsp3) is 0.435. The molecule has 0 aliphatic rings. The van der Waals surface area contributed by atoms with E-state index in [0.717, 1.165) is 27.8 Å². The predicted molar refractivity (Wildman–Crippen MR) is 106 cm³/mol. The number of ether oxygens (including phenoxy) is 2. The number of esters is 1. The van der Waals surface area contributed by atoms with Crippen LogP contribution in [0.25, 0.3) is 0 Å². The molecule has 0 radical (unpaired) electrons. The molecule has 3 nitrogen and oxygen atoms in total. The van der Waals surface area contributed by atoms with Crippen LogP contribution in [0.3, 0.4) is 0 Å². The summed E-state index contributed by atoms with van der Waals surface area (Å²) in [7, 11) is 0. The highest BCUT2D eigenvalue weighted by molar-refractivity contribution is 5.71. The van der Waals surface area contributed by atoms with Crippen molar-refractivity contribution in [2.45, 2.75) is 60.5 Å². The van der Waals surface area contributed by atoms with Crippen LogP contribution in [0.4, 0.5) is 0 Å². The minimum absolute atomic E-state index is 0.0823. The van der Waals surface area contributed by atoms with Crippen LogP contribution in [0.5, 0.6) is 5.75 Å². The van der Waals surface area contributed by atoms with Gasteiger partial charge in [0.2, 0.25) is 0 Å². The second-order valence-electron chi connectivity index (χ2n) is 8.11. The Hall–Kier alpha value is -2.29. The van der Waals surface area contributed by atoms with E-state index in [4.69, 9.17) is 9.47 Å². The zero-order valence-electron chi connectivity index (χ0n) is 17.0. The first-order valence-corrected chi connectivity index (χ1v) is 9.03. The lowest BCUT2D eigenvalue weighted by Crippen LogP contribution is -2.16. The Labute approximate surface area is 157 Å². The smallest absolute Gasteiger partial charge is 0.344 e. The molecule has 0 aliphatic carbocycles. The molecule has 0 N–H and O–H groups in total. The van der Waals surface area contributed by atoms with Crippen LogP contribution in [0, 0.1) is 27.7 Å². The lowest BCUT2D eigenvalue weighted by atomic mass is 9.84. The predicted octanol–water partition coefficient (Wildman–Crippen LogP) is 5.34. The van der Waals surface area contributed by atoms with E-state index < -0.39 is 0 Å². The average molecular weight is 354 g/mol. The van der Waals surface area contributed by atoms with Crippen molar-refractivity contribution < 1.29 is 14.3 Å². The minimum Gasteiger partial charge on any atom is -0.482 e. The molecule has 2 aromatic rings. The van der Waals surface area contributed by atoms with E-state index in [1.54, 1.807) is 0 Å². The van der Waals surface area contributed by atoms with E-state index in [1.807, 2.05) is 26.0 Å². The standard InChI is InChI=1S/C23H30O3/c1-15-8-16(2)10-20(9-15)25-14-22(24)26-13-21-17(3)11-19(12-18(21)4)23(5,6)7/h8-12H,13-14H2,1-7H3. The van der Waals surface area contributed by atoms with E-state index in [1.165, 1.54) is 5.56 Å². The maximum atomic E-state index is 12.1. The van der Waals surface area contributed by atoms with Gasteiger partial charge in [-0.2, -0.15) is 0 Å². The van der Waals surface area contributed by atoms with Gasteiger partial charge < -0.3 is 9.47 Å². The third kappa shape index (κ3) is 5.35. The minimum atomic E-state index is -0.358. The molecule has 140 valence electrons. The SMILES string of the molecule is Cc1cc(C)cc(OCC(=O)OCc2c(C)cc(C(C)(C)C)cc2C)c1. The van der Waals surface area contributed by atoms with Gasteiger partial charge in [0.1, 0.15) is 12.4 Å². The first-order chi connectivity index (χ1) is 12.1. The van der Waals surface area contributed by atoms with E-state index in [0.29, 0.717) is 5.75 Å². The molecule has 3 heteroatoms. The van der Waals surface area contributed by atoms with Crippen LogP contribution in [0.2, 0.25) is 0 Å². The van der Waals surface area contributed by atoms with Crippen LogP contribution in [-0.2, 0) is 21.6 Å². The third-order valence-electron chi connectivity index (χ3n) is 4.49. The molecule has 0 aromatic heterocycles. The molecule has 0 amide bonds. The highest BCUT2D eigenvalue weighted by Gasteiger charge is 2.17. The third-order valence-corrected chi connectivity index (χ3v) is 4.49. The van der Waals surface area contributed by atoms with Gasteiger partial charge in [0.25, 0.3) is 0 Å². The Morgan fingerprint density at radius 3 is 1.92 bits per heavy atom. The summed E-state index contributed by atoms with van der Waals surface area (Å²) in [6, 6.07) is 10.3. The Kier molecular flexibility index (Phi) is 6.12. The van der Waals surface area contributed by atoms with Crippen LogP contribution in [-0.4, -0.2) is 12.6 Å². The summed E-state index contributed by atoms with van der Waals surface area (Å²) in [5.41, 5.74) is 6.98. The van der Waals surface area contributed by atoms with Crippen molar-refractivity contribution in [1.29, 1.82) is 0 Å². The van der Waals surface area contributed by atoms with Gasteiger partial charge in [-0.3, -0.25) is 0 Å². The molecular formula is C23H30O3. The molecule has 0 bridgehead atoms. The first kappa shape index (κ1) is 20.0. The van der Waals surface area contributed by atoms with E-state index in [9.17, 15) is 4.79 Å². The molecule has 0 saturated carbocycles. The molecule has 0 fully saturated rings. The molecule has 0 saturated heterocycles. The summed E-state index contributed by atoms with van der Waals surface area (Å²) >= 11 is 0. The normalized spacial score (nSPS) is 11.3. The summed E-state index contributed by atoms with van der Waals surface area (Å²) in [6.45, 7) is 14.9. The molecule has 26 heavy (non-hydrogen) atoms. The van der Waals surface area contributed by atoms with E-state index >= 15 is 0 Å². The van der Waals surface area contributed by atoms with Crippen molar-refractivity contribution in [2.75, 3.05) is 6.61 Å². The second-order valence-corrected chi connectivity index (χ2v) is 8.11. The molecule has 2 rings (SSSR count). The summed E-state index contributed by atoms with van der Waals surface area (Å²) in [6.07, 6.45) is 0. The first-order valence-electron chi connectivity index (χ1n) is 9.03. The fourth-order valence-electron chi connectivity index (χ4n) is 3.01. The number of aryl methyl sites for hydroxylation is 4. The van der Waals surface area contributed by atoms with Crippen molar-refractivity contribution in [1.82, 2.24) is 0 Å². The van der Waals surface area contributed by atoms with Crippen molar-refractivity contribution >= 4 is 5.97 Å².